The number of anilines is 1. The highest BCUT2D eigenvalue weighted by atomic mass is 79.9. The Balaban J connectivity index is 2.78. The van der Waals surface area contributed by atoms with Crippen LogP contribution in [0.2, 0.25) is 0 Å². The van der Waals surface area contributed by atoms with E-state index in [4.69, 9.17) is 10.6 Å². The minimum atomic E-state index is 0.342. The molecule has 0 bridgehead atoms. The summed E-state index contributed by atoms with van der Waals surface area (Å²) in [6.45, 7) is 2.65. The van der Waals surface area contributed by atoms with Gasteiger partial charge in [-0.2, -0.15) is 4.98 Å². The molecular weight excluding hydrogens is 236 g/mol. The van der Waals surface area contributed by atoms with Gasteiger partial charge in [0.25, 0.3) is 0 Å². The van der Waals surface area contributed by atoms with Crippen molar-refractivity contribution in [1.29, 1.82) is 0 Å². The highest BCUT2D eigenvalue weighted by molar-refractivity contribution is 9.10. The summed E-state index contributed by atoms with van der Waals surface area (Å²) in [5, 5.41) is 0. The Hall–Kier alpha value is -0.880. The summed E-state index contributed by atoms with van der Waals surface area (Å²) < 4.78 is 6.06. The fourth-order valence-corrected chi connectivity index (χ4v) is 1.03. The van der Waals surface area contributed by atoms with Crippen LogP contribution in [0.5, 0.6) is 5.88 Å². The molecule has 3 N–H and O–H groups in total. The fraction of sp³-hybridized carbons (Fsp3) is 0.429. The summed E-state index contributed by atoms with van der Waals surface area (Å²) in [5.41, 5.74) is 2.35. The number of ether oxygens (including phenoxy) is 1. The molecular formula is C7H11BrN4O. The van der Waals surface area contributed by atoms with Gasteiger partial charge >= 0.3 is 0 Å². The maximum absolute atomic E-state index is 5.33. The van der Waals surface area contributed by atoms with Gasteiger partial charge in [-0.1, -0.05) is 6.92 Å². The molecule has 0 atom stereocenters. The zero-order valence-corrected chi connectivity index (χ0v) is 8.84. The molecule has 0 saturated carbocycles. The maximum atomic E-state index is 5.33. The Morgan fingerprint density at radius 2 is 2.46 bits per heavy atom. The minimum Gasteiger partial charge on any atom is -0.477 e. The molecule has 0 aliphatic carbocycles. The summed E-state index contributed by atoms with van der Waals surface area (Å²) in [6, 6.07) is 0. The fourth-order valence-electron chi connectivity index (χ4n) is 0.721. The second-order valence-electron chi connectivity index (χ2n) is 2.34. The minimum absolute atomic E-state index is 0.342. The molecule has 0 amide bonds. The van der Waals surface area contributed by atoms with Crippen molar-refractivity contribution in [2.24, 2.45) is 5.84 Å². The van der Waals surface area contributed by atoms with Gasteiger partial charge < -0.3 is 4.74 Å². The van der Waals surface area contributed by atoms with Crippen molar-refractivity contribution in [1.82, 2.24) is 9.97 Å². The van der Waals surface area contributed by atoms with Crippen molar-refractivity contribution >= 4 is 21.9 Å². The molecule has 1 aromatic rings. The largest absolute Gasteiger partial charge is 0.477 e. The van der Waals surface area contributed by atoms with Crippen molar-refractivity contribution in [2.75, 3.05) is 12.0 Å². The van der Waals surface area contributed by atoms with E-state index in [1.807, 2.05) is 6.92 Å². The predicted octanol–water partition coefficient (Wildman–Crippen LogP) is 1.31. The Bertz CT molecular complexity index is 281. The zero-order chi connectivity index (χ0) is 9.68. The topological polar surface area (TPSA) is 73.1 Å². The van der Waals surface area contributed by atoms with E-state index in [0.29, 0.717) is 18.4 Å². The lowest BCUT2D eigenvalue weighted by molar-refractivity contribution is 0.303. The van der Waals surface area contributed by atoms with Crippen LogP contribution in [0.25, 0.3) is 0 Å². The molecule has 6 heteroatoms. The molecule has 1 rings (SSSR count). The number of nitrogen functional groups attached to an aromatic ring is 1. The van der Waals surface area contributed by atoms with Crippen LogP contribution in [0.4, 0.5) is 5.95 Å². The molecule has 0 aliphatic rings. The van der Waals surface area contributed by atoms with E-state index in [9.17, 15) is 0 Å². The third-order valence-corrected chi connectivity index (χ3v) is 1.83. The molecule has 13 heavy (non-hydrogen) atoms. The summed E-state index contributed by atoms with van der Waals surface area (Å²) in [5.74, 6) is 6.00. The normalized spacial score (nSPS) is 9.77. The van der Waals surface area contributed by atoms with Crippen LogP contribution in [-0.2, 0) is 0 Å². The van der Waals surface area contributed by atoms with Gasteiger partial charge in [0.2, 0.25) is 11.8 Å². The van der Waals surface area contributed by atoms with E-state index in [1.54, 1.807) is 6.20 Å². The Morgan fingerprint density at radius 3 is 3.08 bits per heavy atom. The van der Waals surface area contributed by atoms with Crippen molar-refractivity contribution in [3.63, 3.8) is 0 Å². The number of hydrogen-bond donors (Lipinski definition) is 2. The van der Waals surface area contributed by atoms with Gasteiger partial charge in [-0.3, -0.25) is 5.43 Å². The van der Waals surface area contributed by atoms with Crippen LogP contribution in [0.15, 0.2) is 10.7 Å². The van der Waals surface area contributed by atoms with Gasteiger partial charge in [-0.25, -0.2) is 10.8 Å². The Kier molecular flexibility index (Phi) is 3.91. The lowest BCUT2D eigenvalue weighted by atomic mass is 10.5. The van der Waals surface area contributed by atoms with Gasteiger partial charge in [-0.15, -0.1) is 0 Å². The Morgan fingerprint density at radius 1 is 1.69 bits per heavy atom. The van der Waals surface area contributed by atoms with E-state index < -0.39 is 0 Å². The number of halogens is 1. The molecule has 5 nitrogen and oxygen atoms in total. The van der Waals surface area contributed by atoms with Crippen molar-refractivity contribution < 1.29 is 4.74 Å². The number of nitrogens with zero attached hydrogens (tertiary/aromatic N) is 2. The lowest BCUT2D eigenvalue weighted by Gasteiger charge is -2.06. The van der Waals surface area contributed by atoms with E-state index in [1.165, 1.54) is 0 Å². The second kappa shape index (κ2) is 4.98. The summed E-state index contributed by atoms with van der Waals surface area (Å²) in [6.07, 6.45) is 2.52. The SMILES string of the molecule is CCCOc1nc(NN)ncc1Br. The zero-order valence-electron chi connectivity index (χ0n) is 7.25. The quantitative estimate of drug-likeness (QED) is 0.620. The Labute approximate surface area is 84.8 Å². The third kappa shape index (κ3) is 2.82. The average molecular weight is 247 g/mol. The van der Waals surface area contributed by atoms with Crippen LogP contribution in [0.3, 0.4) is 0 Å². The van der Waals surface area contributed by atoms with Gasteiger partial charge in [0.05, 0.1) is 17.3 Å². The van der Waals surface area contributed by atoms with E-state index >= 15 is 0 Å². The molecule has 1 aromatic heterocycles. The summed E-state index contributed by atoms with van der Waals surface area (Å²) in [7, 11) is 0. The first-order valence-corrected chi connectivity index (χ1v) is 4.69. The van der Waals surface area contributed by atoms with Gasteiger partial charge in [0.15, 0.2) is 0 Å². The number of hydrazine groups is 1. The average Bonchev–Trinajstić information content (AvgIpc) is 2.17. The molecule has 1 heterocycles. The van der Waals surface area contributed by atoms with Gasteiger partial charge in [0, 0.05) is 0 Å². The summed E-state index contributed by atoms with van der Waals surface area (Å²) >= 11 is 3.27. The first-order valence-electron chi connectivity index (χ1n) is 3.90. The maximum Gasteiger partial charge on any atom is 0.240 e. The lowest BCUT2D eigenvalue weighted by Crippen LogP contribution is -2.11. The number of nitrogens with one attached hydrogen (secondary N) is 1. The number of hydrogen-bond acceptors (Lipinski definition) is 5. The smallest absolute Gasteiger partial charge is 0.240 e. The first kappa shape index (κ1) is 10.2. The summed E-state index contributed by atoms with van der Waals surface area (Å²) in [4.78, 5) is 7.90. The van der Waals surface area contributed by atoms with Crippen LogP contribution in [0.1, 0.15) is 13.3 Å². The van der Waals surface area contributed by atoms with Crippen molar-refractivity contribution in [2.45, 2.75) is 13.3 Å². The highest BCUT2D eigenvalue weighted by Gasteiger charge is 2.04. The molecule has 0 spiro atoms. The van der Waals surface area contributed by atoms with E-state index in [0.717, 1.165) is 10.9 Å². The number of rotatable bonds is 4. The molecule has 72 valence electrons. The molecule has 0 aliphatic heterocycles. The first-order chi connectivity index (χ1) is 6.27. The van der Waals surface area contributed by atoms with Crippen LogP contribution in [0, 0.1) is 0 Å². The predicted molar refractivity (Wildman–Crippen MR) is 53.3 cm³/mol. The molecule has 0 fully saturated rings. The van der Waals surface area contributed by atoms with Crippen LogP contribution in [-0.4, -0.2) is 16.6 Å². The van der Waals surface area contributed by atoms with Gasteiger partial charge in [-0.05, 0) is 22.4 Å². The molecule has 0 radical (unpaired) electrons. The van der Waals surface area contributed by atoms with Crippen LogP contribution < -0.4 is 16.0 Å². The van der Waals surface area contributed by atoms with E-state index in [2.05, 4.69) is 31.3 Å². The number of aromatic nitrogens is 2. The molecule has 0 saturated heterocycles. The number of nitrogens with two attached hydrogens (primary N) is 1. The van der Waals surface area contributed by atoms with Crippen molar-refractivity contribution in [3.05, 3.63) is 10.7 Å². The molecule has 0 unspecified atom stereocenters. The monoisotopic (exact) mass is 246 g/mol. The second-order valence-corrected chi connectivity index (χ2v) is 3.19. The third-order valence-electron chi connectivity index (χ3n) is 1.28. The van der Waals surface area contributed by atoms with Gasteiger partial charge in [0.1, 0.15) is 0 Å². The van der Waals surface area contributed by atoms with E-state index in [-0.39, 0.29) is 0 Å². The highest BCUT2D eigenvalue weighted by Crippen LogP contribution is 2.22. The molecule has 0 aromatic carbocycles. The standard InChI is InChI=1S/C7H11BrN4O/c1-2-3-13-6-5(8)4-10-7(11-6)12-9/h4H,2-3,9H2,1H3,(H,10,11,12). The van der Waals surface area contributed by atoms with Crippen LogP contribution >= 0.6 is 15.9 Å². The van der Waals surface area contributed by atoms with Crippen molar-refractivity contribution in [3.8, 4) is 5.88 Å².